The molecule has 1 unspecified atom stereocenters. The summed E-state index contributed by atoms with van der Waals surface area (Å²) >= 11 is 0. The zero-order valence-electron chi connectivity index (χ0n) is 21.4. The molecular weight excluding hydrogens is 521 g/mol. The normalized spacial score (nSPS) is 12.1. The summed E-state index contributed by atoms with van der Waals surface area (Å²) in [6.07, 6.45) is -5.81. The highest BCUT2D eigenvalue weighted by Crippen LogP contribution is 2.29. The van der Waals surface area contributed by atoms with Gasteiger partial charge in [-0.05, 0) is 42.8 Å². The van der Waals surface area contributed by atoms with E-state index in [9.17, 15) is 32.3 Å². The van der Waals surface area contributed by atoms with E-state index in [1.54, 1.807) is 31.2 Å². The van der Waals surface area contributed by atoms with E-state index in [-0.39, 0.29) is 25.3 Å². The molecule has 13 heteroatoms. The van der Waals surface area contributed by atoms with Gasteiger partial charge in [-0.2, -0.15) is 13.2 Å². The number of aromatic nitrogens is 2. The number of nitrogens with zero attached hydrogens (tertiary/aromatic N) is 2. The molecule has 0 bridgehead atoms. The smallest absolute Gasteiger partial charge is 0.416 e. The van der Waals surface area contributed by atoms with Crippen molar-refractivity contribution in [1.82, 2.24) is 14.9 Å². The Labute approximate surface area is 221 Å². The number of ether oxygens (including phenoxy) is 2. The van der Waals surface area contributed by atoms with Crippen molar-refractivity contribution in [2.45, 2.75) is 46.1 Å². The van der Waals surface area contributed by atoms with Gasteiger partial charge in [0.25, 0.3) is 11.5 Å². The van der Waals surface area contributed by atoms with Gasteiger partial charge >= 0.3 is 18.1 Å². The minimum Gasteiger partial charge on any atom is -0.461 e. The van der Waals surface area contributed by atoms with Crippen LogP contribution in [0.1, 0.15) is 30.7 Å². The van der Waals surface area contributed by atoms with Gasteiger partial charge in [0.05, 0.1) is 16.6 Å². The van der Waals surface area contributed by atoms with Crippen LogP contribution in [0.2, 0.25) is 0 Å². The monoisotopic (exact) mass is 548 g/mol. The molecular formula is C26H27F3N4O6. The van der Waals surface area contributed by atoms with Crippen LogP contribution in [0, 0.1) is 6.92 Å². The minimum absolute atomic E-state index is 0.0296. The summed E-state index contributed by atoms with van der Waals surface area (Å²) in [7, 11) is 0. The Bertz CT molecular complexity index is 1440. The summed E-state index contributed by atoms with van der Waals surface area (Å²) in [4.78, 5) is 52.1. The Morgan fingerprint density at radius 3 is 2.49 bits per heavy atom. The lowest BCUT2D eigenvalue weighted by atomic mass is 10.1. The largest absolute Gasteiger partial charge is 0.461 e. The molecule has 0 radical (unpaired) electrons. The average molecular weight is 549 g/mol. The molecule has 0 aliphatic carbocycles. The van der Waals surface area contributed by atoms with Gasteiger partial charge in [-0.1, -0.05) is 12.1 Å². The maximum Gasteiger partial charge on any atom is 0.416 e. The third-order valence-corrected chi connectivity index (χ3v) is 5.53. The number of hydrogen-bond donors (Lipinski definition) is 2. The van der Waals surface area contributed by atoms with Crippen molar-refractivity contribution in [1.29, 1.82) is 0 Å². The Morgan fingerprint density at radius 1 is 1.08 bits per heavy atom. The highest BCUT2D eigenvalue weighted by Gasteiger charge is 2.30. The fourth-order valence-corrected chi connectivity index (χ4v) is 3.72. The summed E-state index contributed by atoms with van der Waals surface area (Å²) < 4.78 is 50.1. The molecule has 2 aromatic carbocycles. The predicted octanol–water partition coefficient (Wildman–Crippen LogP) is 2.95. The number of carbonyl (C=O) groups is 3. The van der Waals surface area contributed by atoms with Gasteiger partial charge < -0.3 is 24.7 Å². The van der Waals surface area contributed by atoms with E-state index in [0.29, 0.717) is 22.3 Å². The number of benzene rings is 2. The first-order valence-corrected chi connectivity index (χ1v) is 11.8. The van der Waals surface area contributed by atoms with Gasteiger partial charge in [0.1, 0.15) is 12.3 Å². The molecule has 1 atom stereocenters. The molecule has 1 heterocycles. The summed E-state index contributed by atoms with van der Waals surface area (Å²) in [5, 5.41) is 5.61. The fourth-order valence-electron chi connectivity index (χ4n) is 3.72. The maximum absolute atomic E-state index is 13.0. The zero-order chi connectivity index (χ0) is 28.7. The third-order valence-electron chi connectivity index (χ3n) is 5.53. The molecule has 0 fully saturated rings. The molecule has 3 rings (SSSR count). The Balaban J connectivity index is 1.76. The Morgan fingerprint density at radius 2 is 1.82 bits per heavy atom. The first-order chi connectivity index (χ1) is 18.3. The number of halogens is 3. The first kappa shape index (κ1) is 29.1. The van der Waals surface area contributed by atoms with Gasteiger partial charge in [-0.25, -0.2) is 4.98 Å². The van der Waals surface area contributed by atoms with E-state index in [4.69, 9.17) is 9.47 Å². The number of alkyl halides is 3. The van der Waals surface area contributed by atoms with Crippen LogP contribution in [0.4, 0.5) is 18.9 Å². The average Bonchev–Trinajstić information content (AvgIpc) is 2.87. The Kier molecular flexibility index (Phi) is 9.28. The highest BCUT2D eigenvalue weighted by atomic mass is 19.4. The van der Waals surface area contributed by atoms with Crippen molar-refractivity contribution < 1.29 is 37.0 Å². The number of amides is 1. The van der Waals surface area contributed by atoms with E-state index in [0.717, 1.165) is 26.0 Å². The van der Waals surface area contributed by atoms with Crippen LogP contribution in [0.15, 0.2) is 47.3 Å². The SMILES string of the molecule is CC(=O)OCC(OC(C)=O)C(=O)NCCn1c(=O)c(C)nc2ccc(NCc3cccc(C(F)(F)F)c3)cc21. The summed E-state index contributed by atoms with van der Waals surface area (Å²) in [6, 6.07) is 9.95. The minimum atomic E-state index is -4.45. The molecule has 2 N–H and O–H groups in total. The van der Waals surface area contributed by atoms with Crippen LogP contribution in [-0.2, 0) is 43.1 Å². The van der Waals surface area contributed by atoms with Crippen molar-refractivity contribution in [2.75, 3.05) is 18.5 Å². The van der Waals surface area contributed by atoms with Crippen molar-refractivity contribution in [2.24, 2.45) is 0 Å². The molecule has 0 saturated carbocycles. The van der Waals surface area contributed by atoms with E-state index in [2.05, 4.69) is 15.6 Å². The maximum atomic E-state index is 13.0. The molecule has 0 spiro atoms. The van der Waals surface area contributed by atoms with Gasteiger partial charge in [0, 0.05) is 39.2 Å². The van der Waals surface area contributed by atoms with Crippen LogP contribution < -0.4 is 16.2 Å². The fraction of sp³-hybridized carbons (Fsp3) is 0.346. The molecule has 0 aliphatic heterocycles. The molecule has 10 nitrogen and oxygen atoms in total. The third kappa shape index (κ3) is 8.03. The van der Waals surface area contributed by atoms with Crippen molar-refractivity contribution >= 4 is 34.6 Å². The number of hydrogen-bond acceptors (Lipinski definition) is 8. The lowest BCUT2D eigenvalue weighted by Crippen LogP contribution is -2.42. The zero-order valence-corrected chi connectivity index (χ0v) is 21.4. The molecule has 0 saturated heterocycles. The molecule has 3 aromatic rings. The van der Waals surface area contributed by atoms with Crippen molar-refractivity contribution in [3.05, 3.63) is 69.6 Å². The van der Waals surface area contributed by atoms with Gasteiger partial charge in [-0.15, -0.1) is 0 Å². The van der Waals surface area contributed by atoms with E-state index in [1.165, 1.54) is 10.6 Å². The van der Waals surface area contributed by atoms with Gasteiger partial charge in [0.2, 0.25) is 6.10 Å². The number of fused-ring (bicyclic) bond motifs is 1. The molecule has 1 amide bonds. The second kappa shape index (κ2) is 12.4. The molecule has 0 aliphatic rings. The second-order valence-corrected chi connectivity index (χ2v) is 8.60. The van der Waals surface area contributed by atoms with Gasteiger partial charge in [0.15, 0.2) is 0 Å². The van der Waals surface area contributed by atoms with Crippen LogP contribution in [0.5, 0.6) is 0 Å². The van der Waals surface area contributed by atoms with E-state index >= 15 is 0 Å². The topological polar surface area (TPSA) is 129 Å². The van der Waals surface area contributed by atoms with E-state index in [1.807, 2.05) is 0 Å². The first-order valence-electron chi connectivity index (χ1n) is 11.8. The number of esters is 2. The van der Waals surface area contributed by atoms with Crippen LogP contribution in [-0.4, -0.2) is 46.7 Å². The molecule has 39 heavy (non-hydrogen) atoms. The summed E-state index contributed by atoms with van der Waals surface area (Å²) in [5.41, 5.74) is 0.970. The van der Waals surface area contributed by atoms with Crippen LogP contribution in [0.25, 0.3) is 11.0 Å². The number of aryl methyl sites for hydroxylation is 1. The van der Waals surface area contributed by atoms with E-state index < -0.39 is 47.9 Å². The lowest BCUT2D eigenvalue weighted by molar-refractivity contribution is -0.162. The quantitative estimate of drug-likeness (QED) is 0.370. The number of anilines is 1. The van der Waals surface area contributed by atoms with Crippen LogP contribution in [0.3, 0.4) is 0 Å². The van der Waals surface area contributed by atoms with Crippen molar-refractivity contribution in [3.63, 3.8) is 0 Å². The van der Waals surface area contributed by atoms with Crippen LogP contribution >= 0.6 is 0 Å². The number of carbonyl (C=O) groups excluding carboxylic acids is 3. The Hall–Kier alpha value is -4.42. The molecule has 208 valence electrons. The van der Waals surface area contributed by atoms with Gasteiger partial charge in [-0.3, -0.25) is 19.2 Å². The summed E-state index contributed by atoms with van der Waals surface area (Å²) in [6.45, 7) is 3.45. The van der Waals surface area contributed by atoms with Crippen molar-refractivity contribution in [3.8, 4) is 0 Å². The number of nitrogens with one attached hydrogen (secondary N) is 2. The summed E-state index contributed by atoms with van der Waals surface area (Å²) in [5.74, 6) is -2.10. The predicted molar refractivity (Wildman–Crippen MR) is 135 cm³/mol. The second-order valence-electron chi connectivity index (χ2n) is 8.60. The lowest BCUT2D eigenvalue weighted by Gasteiger charge is -2.17. The highest BCUT2D eigenvalue weighted by molar-refractivity contribution is 5.84. The molecule has 1 aromatic heterocycles. The number of rotatable bonds is 10. The standard InChI is InChI=1S/C26H27F3N4O6/c1-15-25(37)33(10-9-30-24(36)23(39-17(3)35)14-38-16(2)34)22-12-20(7-8-21(22)32-15)31-13-18-5-4-6-19(11-18)26(27,28)29/h4-8,11-12,23,31H,9-10,13-14H2,1-3H3,(H,30,36).